The Morgan fingerprint density at radius 2 is 2.07 bits per heavy atom. The van der Waals surface area contributed by atoms with Crippen LogP contribution in [-0.2, 0) is 5.41 Å². The summed E-state index contributed by atoms with van der Waals surface area (Å²) in [5, 5.41) is 0.125. The van der Waals surface area contributed by atoms with Crippen molar-refractivity contribution in [1.29, 1.82) is 0 Å². The zero-order valence-corrected chi connectivity index (χ0v) is 9.58. The molecule has 15 heavy (non-hydrogen) atoms. The van der Waals surface area contributed by atoms with Gasteiger partial charge in [-0.25, -0.2) is 9.37 Å². The van der Waals surface area contributed by atoms with Gasteiger partial charge in [-0.1, -0.05) is 23.2 Å². The van der Waals surface area contributed by atoms with Gasteiger partial charge >= 0.3 is 0 Å². The molecule has 1 aliphatic rings. The second kappa shape index (κ2) is 3.89. The highest BCUT2D eigenvalue weighted by Crippen LogP contribution is 2.52. The minimum absolute atomic E-state index is 0.0513. The molecule has 2 N–H and O–H groups in total. The zero-order valence-electron chi connectivity index (χ0n) is 8.06. The van der Waals surface area contributed by atoms with Gasteiger partial charge in [0.25, 0.3) is 0 Å². The molecule has 1 saturated carbocycles. The van der Waals surface area contributed by atoms with Gasteiger partial charge in [0.15, 0.2) is 11.0 Å². The molecular formula is C10H11Cl2FN2. The lowest BCUT2D eigenvalue weighted by atomic mass is 9.94. The van der Waals surface area contributed by atoms with E-state index in [-0.39, 0.29) is 10.6 Å². The molecule has 1 aromatic heterocycles. The van der Waals surface area contributed by atoms with E-state index in [2.05, 4.69) is 4.98 Å². The van der Waals surface area contributed by atoms with Gasteiger partial charge in [-0.3, -0.25) is 0 Å². The van der Waals surface area contributed by atoms with E-state index in [0.29, 0.717) is 11.7 Å². The molecule has 1 heterocycles. The highest BCUT2D eigenvalue weighted by molar-refractivity contribution is 6.33. The van der Waals surface area contributed by atoms with Gasteiger partial charge < -0.3 is 5.73 Å². The maximum Gasteiger partial charge on any atom is 0.166 e. The Bertz CT molecular complexity index is 391. The fraction of sp³-hybridized carbons (Fsp3) is 0.500. The van der Waals surface area contributed by atoms with Gasteiger partial charge in [0.2, 0.25) is 0 Å². The van der Waals surface area contributed by atoms with Crippen molar-refractivity contribution in [2.24, 2.45) is 5.73 Å². The van der Waals surface area contributed by atoms with E-state index in [1.54, 1.807) is 0 Å². The monoisotopic (exact) mass is 248 g/mol. The summed E-state index contributed by atoms with van der Waals surface area (Å²) < 4.78 is 13.3. The molecule has 2 rings (SSSR count). The Balaban J connectivity index is 2.40. The highest BCUT2D eigenvalue weighted by atomic mass is 35.5. The van der Waals surface area contributed by atoms with E-state index < -0.39 is 5.82 Å². The molecule has 0 amide bonds. The molecule has 5 heteroatoms. The molecule has 1 fully saturated rings. The van der Waals surface area contributed by atoms with Gasteiger partial charge in [-0.05, 0) is 42.9 Å². The second-order valence-electron chi connectivity index (χ2n) is 3.92. The summed E-state index contributed by atoms with van der Waals surface area (Å²) in [4.78, 5) is 3.78. The standard InChI is InChI=1S/C10H11Cl2FN2/c11-8-6(5-7(13)9(12)15-8)10(1-2-10)3-4-14/h5H,1-4,14H2. The Hall–Kier alpha value is -0.380. The summed E-state index contributed by atoms with van der Waals surface area (Å²) in [6.07, 6.45) is 2.80. The molecule has 0 bridgehead atoms. The maximum absolute atomic E-state index is 13.3. The van der Waals surface area contributed by atoms with Gasteiger partial charge in [0, 0.05) is 0 Å². The largest absolute Gasteiger partial charge is 0.330 e. The minimum atomic E-state index is -0.514. The SMILES string of the molecule is NCCC1(c2cc(F)c(Cl)nc2Cl)CC1. The molecule has 1 aromatic rings. The van der Waals surface area contributed by atoms with Gasteiger partial charge in [-0.15, -0.1) is 0 Å². The third kappa shape index (κ3) is 1.96. The van der Waals surface area contributed by atoms with Crippen molar-refractivity contribution >= 4 is 23.2 Å². The lowest BCUT2D eigenvalue weighted by Gasteiger charge is -2.15. The predicted molar refractivity (Wildman–Crippen MR) is 58.8 cm³/mol. The molecule has 1 aliphatic carbocycles. The lowest BCUT2D eigenvalue weighted by Crippen LogP contribution is -2.14. The van der Waals surface area contributed by atoms with Crippen LogP contribution in [0.4, 0.5) is 4.39 Å². The summed E-state index contributed by atoms with van der Waals surface area (Å²) in [7, 11) is 0. The topological polar surface area (TPSA) is 38.9 Å². The number of nitrogens with zero attached hydrogens (tertiary/aromatic N) is 1. The van der Waals surface area contributed by atoms with Gasteiger partial charge in [0.05, 0.1) is 0 Å². The first kappa shape index (κ1) is 11.1. The van der Waals surface area contributed by atoms with Crippen molar-refractivity contribution in [3.05, 3.63) is 27.8 Å². The second-order valence-corrected chi connectivity index (χ2v) is 4.63. The van der Waals surface area contributed by atoms with Crippen LogP contribution in [0.15, 0.2) is 6.07 Å². The van der Waals surface area contributed by atoms with Crippen LogP contribution in [0.2, 0.25) is 10.3 Å². The Labute approximate surface area is 97.6 Å². The van der Waals surface area contributed by atoms with Crippen LogP contribution in [0.3, 0.4) is 0 Å². The molecular weight excluding hydrogens is 238 g/mol. The number of hydrogen-bond acceptors (Lipinski definition) is 2. The van der Waals surface area contributed by atoms with Gasteiger partial charge in [0.1, 0.15) is 5.15 Å². The van der Waals surface area contributed by atoms with E-state index in [1.165, 1.54) is 6.07 Å². The number of pyridine rings is 1. The summed E-state index contributed by atoms with van der Waals surface area (Å²) in [5.41, 5.74) is 6.22. The third-order valence-electron chi connectivity index (χ3n) is 2.93. The average Bonchev–Trinajstić information content (AvgIpc) is 2.93. The molecule has 0 aliphatic heterocycles. The van der Waals surface area contributed by atoms with Crippen molar-refractivity contribution in [2.45, 2.75) is 24.7 Å². The summed E-state index contributed by atoms with van der Waals surface area (Å²) in [6.45, 7) is 0.570. The van der Waals surface area contributed by atoms with Crippen molar-refractivity contribution in [2.75, 3.05) is 6.54 Å². The smallest absolute Gasteiger partial charge is 0.166 e. The van der Waals surface area contributed by atoms with Crippen LogP contribution in [0.25, 0.3) is 0 Å². The third-order valence-corrected chi connectivity index (χ3v) is 3.49. The molecule has 0 saturated heterocycles. The normalized spacial score (nSPS) is 17.9. The summed E-state index contributed by atoms with van der Waals surface area (Å²) >= 11 is 11.5. The van der Waals surface area contributed by atoms with Crippen LogP contribution in [0.5, 0.6) is 0 Å². The van der Waals surface area contributed by atoms with Crippen molar-refractivity contribution < 1.29 is 4.39 Å². The summed E-state index contributed by atoms with van der Waals surface area (Å²) in [6, 6.07) is 1.39. The molecule has 0 spiro atoms. The Morgan fingerprint density at radius 1 is 1.40 bits per heavy atom. The van der Waals surface area contributed by atoms with Crippen LogP contribution in [0.1, 0.15) is 24.8 Å². The number of nitrogens with two attached hydrogens (primary N) is 1. The van der Waals surface area contributed by atoms with Crippen molar-refractivity contribution in [1.82, 2.24) is 4.98 Å². The molecule has 82 valence electrons. The lowest BCUT2D eigenvalue weighted by molar-refractivity contribution is 0.592. The van der Waals surface area contributed by atoms with Crippen molar-refractivity contribution in [3.8, 4) is 0 Å². The quantitative estimate of drug-likeness (QED) is 0.836. The molecule has 0 aromatic carbocycles. The number of hydrogen-bond donors (Lipinski definition) is 1. The van der Waals surface area contributed by atoms with Crippen LogP contribution >= 0.6 is 23.2 Å². The number of rotatable bonds is 3. The Morgan fingerprint density at radius 3 is 2.60 bits per heavy atom. The highest BCUT2D eigenvalue weighted by Gasteiger charge is 2.45. The minimum Gasteiger partial charge on any atom is -0.330 e. The van der Waals surface area contributed by atoms with E-state index in [4.69, 9.17) is 28.9 Å². The number of halogens is 3. The molecule has 0 atom stereocenters. The van der Waals surface area contributed by atoms with E-state index in [1.807, 2.05) is 0 Å². The van der Waals surface area contributed by atoms with Crippen LogP contribution < -0.4 is 5.73 Å². The first-order valence-electron chi connectivity index (χ1n) is 4.81. The van der Waals surface area contributed by atoms with Gasteiger partial charge in [-0.2, -0.15) is 0 Å². The van der Waals surface area contributed by atoms with E-state index in [0.717, 1.165) is 24.8 Å². The molecule has 2 nitrogen and oxygen atoms in total. The maximum atomic E-state index is 13.3. The Kier molecular flexibility index (Phi) is 2.88. The number of aromatic nitrogens is 1. The van der Waals surface area contributed by atoms with E-state index in [9.17, 15) is 4.39 Å². The van der Waals surface area contributed by atoms with Crippen LogP contribution in [-0.4, -0.2) is 11.5 Å². The first-order valence-corrected chi connectivity index (χ1v) is 5.57. The van der Waals surface area contributed by atoms with Crippen molar-refractivity contribution in [3.63, 3.8) is 0 Å². The molecule has 0 unspecified atom stereocenters. The average molecular weight is 249 g/mol. The predicted octanol–water partition coefficient (Wildman–Crippen LogP) is 2.91. The zero-order chi connectivity index (χ0) is 11.1. The molecule has 0 radical (unpaired) electrons. The fourth-order valence-corrected chi connectivity index (χ4v) is 2.42. The summed E-state index contributed by atoms with van der Waals surface area (Å²) in [5.74, 6) is -0.514. The van der Waals surface area contributed by atoms with E-state index >= 15 is 0 Å². The fourth-order valence-electron chi connectivity index (χ4n) is 1.90. The van der Waals surface area contributed by atoms with Crippen LogP contribution in [0, 0.1) is 5.82 Å². The first-order chi connectivity index (χ1) is 7.09.